The molecule has 1 saturated carbocycles. The smallest absolute Gasteiger partial charge is 0.426 e. The van der Waals surface area contributed by atoms with Gasteiger partial charge in [-0.15, -0.1) is 0 Å². The number of nitrogens with one attached hydrogen (secondary N) is 4. The number of hydrazine groups is 1. The molecule has 278 valence electrons. The summed E-state index contributed by atoms with van der Waals surface area (Å²) in [4.78, 5) is 46.5. The molecule has 50 heavy (non-hydrogen) atoms. The fourth-order valence-electron chi connectivity index (χ4n) is 4.33. The number of alkyl halides is 6. The zero-order chi connectivity index (χ0) is 38.0. The van der Waals surface area contributed by atoms with E-state index in [4.69, 9.17) is 10.5 Å². The van der Waals surface area contributed by atoms with E-state index in [1.165, 1.54) is 18.2 Å². The van der Waals surface area contributed by atoms with Crippen molar-refractivity contribution in [2.75, 3.05) is 28.3 Å². The molecule has 1 aliphatic rings. The number of hydrogen-bond acceptors (Lipinski definition) is 8. The molecule has 3 amide bonds. The number of para-hydroxylation sites is 2. The van der Waals surface area contributed by atoms with Crippen LogP contribution in [0.2, 0.25) is 0 Å². The fourth-order valence-corrected chi connectivity index (χ4v) is 4.33. The Balaban J connectivity index is 0.000000347. The molecule has 0 radical (unpaired) electrons. The van der Waals surface area contributed by atoms with Gasteiger partial charge in [0.15, 0.2) is 0 Å². The summed E-state index contributed by atoms with van der Waals surface area (Å²) < 4.78 is 83.5. The maximum Gasteiger partial charge on any atom is 0.426 e. The number of carbonyl (C=O) groups excluding carboxylic acids is 3. The minimum atomic E-state index is -4.64. The number of amides is 3. The van der Waals surface area contributed by atoms with Gasteiger partial charge >= 0.3 is 24.5 Å². The SMILES string of the molecule is CCC(C=O)N(Nc1cccc(C(F)(F)F)c1NCC1CC1)C(=O)O.CC[C@H](NC(=O)OC(C)(C)C)C(=O)Nc1cccc(C(F)(F)F)c1N. The lowest BCUT2D eigenvalue weighted by Crippen LogP contribution is -2.45. The number of aldehydes is 1. The van der Waals surface area contributed by atoms with Crippen molar-refractivity contribution in [1.29, 1.82) is 0 Å². The first-order valence-corrected chi connectivity index (χ1v) is 15.6. The molecule has 2 atom stereocenters. The molecular weight excluding hydrogens is 678 g/mol. The Labute approximate surface area is 285 Å². The highest BCUT2D eigenvalue weighted by Gasteiger charge is 2.36. The molecule has 0 bridgehead atoms. The number of nitrogens with zero attached hydrogens (tertiary/aromatic N) is 1. The first kappa shape index (κ1) is 41.3. The highest BCUT2D eigenvalue weighted by molar-refractivity contribution is 5.99. The van der Waals surface area contributed by atoms with Crippen LogP contribution >= 0.6 is 0 Å². The standard InChI is InChI=1S/C16H20F3N3O3.C16H22F3N3O3/c1-2-11(9-23)22(15(24)25)21-13-5-3-4-12(16(17,18)19)14(13)20-8-10-6-7-10;1-5-10(22-14(24)25-15(2,3)4)13(23)21-11-8-6-7-9(12(11)20)16(17,18)19/h3-5,9-11,20-21H,2,6-8H2,1H3,(H,24,25);6-8,10H,5,20H2,1-4H3,(H,21,23)(H,22,24)/t;10-/m.0/s1. The van der Waals surface area contributed by atoms with E-state index in [9.17, 15) is 50.6 Å². The molecule has 0 aliphatic heterocycles. The van der Waals surface area contributed by atoms with Gasteiger partial charge in [0, 0.05) is 6.54 Å². The second kappa shape index (κ2) is 17.2. The topological polar surface area (TPSA) is 175 Å². The van der Waals surface area contributed by atoms with Crippen LogP contribution in [0.15, 0.2) is 36.4 Å². The van der Waals surface area contributed by atoms with E-state index < -0.39 is 64.9 Å². The number of ether oxygens (including phenoxy) is 1. The van der Waals surface area contributed by atoms with Gasteiger partial charge < -0.3 is 36.3 Å². The average molecular weight is 721 g/mol. The minimum Gasteiger partial charge on any atom is -0.464 e. The second-order valence-electron chi connectivity index (χ2n) is 12.3. The van der Waals surface area contributed by atoms with Gasteiger partial charge in [-0.3, -0.25) is 10.2 Å². The highest BCUT2D eigenvalue weighted by Crippen LogP contribution is 2.40. The van der Waals surface area contributed by atoms with Gasteiger partial charge in [-0.05, 0) is 76.6 Å². The van der Waals surface area contributed by atoms with E-state index in [2.05, 4.69) is 21.4 Å². The summed E-state index contributed by atoms with van der Waals surface area (Å²) >= 11 is 0. The molecule has 2 aromatic carbocycles. The molecule has 0 saturated heterocycles. The third kappa shape index (κ3) is 12.5. The third-order valence-electron chi connectivity index (χ3n) is 7.07. The summed E-state index contributed by atoms with van der Waals surface area (Å²) in [5.74, 6) is -0.373. The van der Waals surface area contributed by atoms with Crippen LogP contribution in [-0.4, -0.2) is 58.7 Å². The Morgan fingerprint density at radius 1 is 0.960 bits per heavy atom. The van der Waals surface area contributed by atoms with Gasteiger partial charge in [-0.1, -0.05) is 26.0 Å². The number of rotatable bonds is 12. The van der Waals surface area contributed by atoms with E-state index >= 15 is 0 Å². The van der Waals surface area contributed by atoms with Crippen LogP contribution in [0, 0.1) is 5.92 Å². The van der Waals surface area contributed by atoms with Crippen LogP contribution in [-0.2, 0) is 26.7 Å². The Morgan fingerprint density at radius 3 is 1.98 bits per heavy atom. The molecule has 1 fully saturated rings. The molecule has 18 heteroatoms. The Hall–Kier alpha value is -4.90. The molecule has 7 N–H and O–H groups in total. The maximum absolute atomic E-state index is 13.3. The summed E-state index contributed by atoms with van der Waals surface area (Å²) in [7, 11) is 0. The largest absolute Gasteiger partial charge is 0.464 e. The minimum absolute atomic E-state index is 0.0434. The Morgan fingerprint density at radius 2 is 1.52 bits per heavy atom. The number of nitrogens with two attached hydrogens (primary N) is 1. The molecule has 0 heterocycles. The quantitative estimate of drug-likeness (QED) is 0.0567. The number of nitrogen functional groups attached to an aromatic ring is 1. The number of carbonyl (C=O) groups is 4. The van der Waals surface area contributed by atoms with Gasteiger partial charge in [-0.25, -0.2) is 14.6 Å². The monoisotopic (exact) mass is 720 g/mol. The Bertz CT molecular complexity index is 1490. The number of benzene rings is 2. The van der Waals surface area contributed by atoms with Gasteiger partial charge in [0.2, 0.25) is 5.91 Å². The summed E-state index contributed by atoms with van der Waals surface area (Å²) in [6, 6.07) is 4.68. The molecule has 3 rings (SSSR count). The molecule has 1 unspecified atom stereocenters. The van der Waals surface area contributed by atoms with Gasteiger partial charge in [0.1, 0.15) is 24.0 Å². The summed E-state index contributed by atoms with van der Waals surface area (Å²) in [5, 5.41) is 17.4. The Kier molecular flexibility index (Phi) is 14.2. The van der Waals surface area contributed by atoms with Crippen molar-refractivity contribution in [3.05, 3.63) is 47.5 Å². The van der Waals surface area contributed by atoms with Crippen molar-refractivity contribution in [2.24, 2.45) is 5.92 Å². The van der Waals surface area contributed by atoms with E-state index in [1.807, 2.05) is 0 Å². The van der Waals surface area contributed by atoms with Crippen molar-refractivity contribution in [1.82, 2.24) is 10.3 Å². The van der Waals surface area contributed by atoms with Crippen molar-refractivity contribution in [3.8, 4) is 0 Å². The molecular formula is C32H42F6N6O6. The van der Waals surface area contributed by atoms with Crippen LogP contribution in [0.3, 0.4) is 0 Å². The van der Waals surface area contributed by atoms with Crippen LogP contribution in [0.1, 0.15) is 71.4 Å². The summed E-state index contributed by atoms with van der Waals surface area (Å²) in [5.41, 5.74) is 4.25. The third-order valence-corrected chi connectivity index (χ3v) is 7.07. The first-order chi connectivity index (χ1) is 23.1. The van der Waals surface area contributed by atoms with Crippen molar-refractivity contribution < 1.29 is 55.4 Å². The van der Waals surface area contributed by atoms with Gasteiger partial charge in [0.25, 0.3) is 0 Å². The van der Waals surface area contributed by atoms with Crippen molar-refractivity contribution in [2.45, 2.75) is 90.3 Å². The van der Waals surface area contributed by atoms with E-state index in [-0.39, 0.29) is 29.9 Å². The molecule has 12 nitrogen and oxygen atoms in total. The van der Waals surface area contributed by atoms with Gasteiger partial charge in [0.05, 0.1) is 33.9 Å². The number of carboxylic acid groups (broad SMARTS) is 1. The molecule has 1 aliphatic carbocycles. The molecule has 0 spiro atoms. The summed E-state index contributed by atoms with van der Waals surface area (Å²) in [6.45, 7) is 8.61. The predicted octanol–water partition coefficient (Wildman–Crippen LogP) is 7.34. The van der Waals surface area contributed by atoms with E-state index in [1.54, 1.807) is 34.6 Å². The zero-order valence-corrected chi connectivity index (χ0v) is 28.1. The average Bonchev–Trinajstić information content (AvgIpc) is 3.83. The van der Waals surface area contributed by atoms with E-state index in [0.29, 0.717) is 23.8 Å². The zero-order valence-electron chi connectivity index (χ0n) is 28.1. The number of alkyl carbamates (subject to hydrolysis) is 1. The summed E-state index contributed by atoms with van der Waals surface area (Å²) in [6.07, 6.45) is -8.74. The maximum atomic E-state index is 13.3. The lowest BCUT2D eigenvalue weighted by Gasteiger charge is -2.28. The van der Waals surface area contributed by atoms with Crippen LogP contribution in [0.5, 0.6) is 0 Å². The molecule has 0 aromatic heterocycles. The highest BCUT2D eigenvalue weighted by atomic mass is 19.4. The first-order valence-electron chi connectivity index (χ1n) is 15.6. The normalized spacial score (nSPS) is 14.2. The van der Waals surface area contributed by atoms with Gasteiger partial charge in [-0.2, -0.15) is 26.3 Å². The second-order valence-corrected chi connectivity index (χ2v) is 12.3. The number of anilines is 4. The number of hydrogen-bond donors (Lipinski definition) is 6. The van der Waals surface area contributed by atoms with Crippen LogP contribution < -0.4 is 27.1 Å². The van der Waals surface area contributed by atoms with Crippen molar-refractivity contribution in [3.63, 3.8) is 0 Å². The fraction of sp³-hybridized carbons (Fsp3) is 0.500. The van der Waals surface area contributed by atoms with Crippen molar-refractivity contribution >= 4 is 47.1 Å². The number of halogens is 6. The lowest BCUT2D eigenvalue weighted by molar-refractivity contribution is -0.137. The van der Waals surface area contributed by atoms with E-state index in [0.717, 1.165) is 31.0 Å². The van der Waals surface area contributed by atoms with Crippen LogP contribution in [0.4, 0.5) is 58.7 Å². The molecule has 2 aromatic rings. The predicted molar refractivity (Wildman–Crippen MR) is 174 cm³/mol. The van der Waals surface area contributed by atoms with Crippen LogP contribution in [0.25, 0.3) is 0 Å². The lowest BCUT2D eigenvalue weighted by atomic mass is 10.1.